The summed E-state index contributed by atoms with van der Waals surface area (Å²) in [5.74, 6) is 1.55. The van der Waals surface area contributed by atoms with E-state index in [0.29, 0.717) is 0 Å². The Labute approximate surface area is 149 Å². The quantitative estimate of drug-likeness (QED) is 0.823. The van der Waals surface area contributed by atoms with Gasteiger partial charge in [-0.05, 0) is 67.8 Å². The number of amides is 1. The smallest absolute Gasteiger partial charge is 0.230 e. The van der Waals surface area contributed by atoms with Gasteiger partial charge < -0.3 is 14.8 Å². The van der Waals surface area contributed by atoms with Crippen LogP contribution in [-0.4, -0.2) is 18.1 Å². The van der Waals surface area contributed by atoms with Crippen molar-refractivity contribution in [2.24, 2.45) is 5.92 Å². The molecule has 24 heavy (non-hydrogen) atoms. The van der Waals surface area contributed by atoms with E-state index in [1.54, 1.807) is 0 Å². The van der Waals surface area contributed by atoms with Gasteiger partial charge >= 0.3 is 0 Å². The van der Waals surface area contributed by atoms with Gasteiger partial charge in [-0.1, -0.05) is 15.9 Å². The molecular formula is C19H18BrNO3. The SMILES string of the molecule is O=C(Nc1ccc(Oc2ccc(Br)cc2)cc1)C1CC2CCC1O2. The van der Waals surface area contributed by atoms with Gasteiger partial charge in [-0.25, -0.2) is 0 Å². The second-order valence-corrected chi connectivity index (χ2v) is 7.20. The Morgan fingerprint density at radius 2 is 1.71 bits per heavy atom. The molecule has 0 saturated carbocycles. The van der Waals surface area contributed by atoms with E-state index in [2.05, 4.69) is 21.2 Å². The molecule has 3 atom stereocenters. The van der Waals surface area contributed by atoms with Gasteiger partial charge in [0.15, 0.2) is 0 Å². The van der Waals surface area contributed by atoms with Crippen molar-refractivity contribution in [2.45, 2.75) is 31.5 Å². The monoisotopic (exact) mass is 387 g/mol. The molecule has 0 aromatic heterocycles. The standard InChI is InChI=1S/C19H18BrNO3/c20-12-1-5-14(6-2-12)23-15-7-3-13(4-8-15)21-19(22)17-11-16-9-10-18(17)24-16/h1-8,16-18H,9-11H2,(H,21,22). The van der Waals surface area contributed by atoms with Crippen LogP contribution >= 0.6 is 15.9 Å². The van der Waals surface area contributed by atoms with Crippen LogP contribution in [0.15, 0.2) is 53.0 Å². The number of fused-ring (bicyclic) bond motifs is 2. The van der Waals surface area contributed by atoms with E-state index in [1.165, 1.54) is 0 Å². The van der Waals surface area contributed by atoms with Gasteiger partial charge in [0.1, 0.15) is 11.5 Å². The van der Waals surface area contributed by atoms with Crippen molar-refractivity contribution in [3.05, 3.63) is 53.0 Å². The maximum atomic E-state index is 12.4. The molecule has 0 aliphatic carbocycles. The molecular weight excluding hydrogens is 370 g/mol. The Bertz CT molecular complexity index is 729. The number of carbonyl (C=O) groups is 1. The fourth-order valence-corrected chi connectivity index (χ4v) is 3.66. The van der Waals surface area contributed by atoms with Crippen LogP contribution in [0.2, 0.25) is 0 Å². The summed E-state index contributed by atoms with van der Waals surface area (Å²) < 4.78 is 12.5. The lowest BCUT2D eigenvalue weighted by atomic mass is 9.88. The summed E-state index contributed by atoms with van der Waals surface area (Å²) in [6.07, 6.45) is 3.34. The van der Waals surface area contributed by atoms with E-state index >= 15 is 0 Å². The second kappa shape index (κ2) is 6.57. The molecule has 3 unspecified atom stereocenters. The van der Waals surface area contributed by atoms with Crippen molar-refractivity contribution >= 4 is 27.5 Å². The first kappa shape index (κ1) is 15.7. The predicted molar refractivity (Wildman–Crippen MR) is 95.3 cm³/mol. The van der Waals surface area contributed by atoms with Crippen molar-refractivity contribution in [1.29, 1.82) is 0 Å². The van der Waals surface area contributed by atoms with E-state index in [0.717, 1.165) is 40.9 Å². The summed E-state index contributed by atoms with van der Waals surface area (Å²) in [4.78, 5) is 12.4. The van der Waals surface area contributed by atoms with Crippen molar-refractivity contribution in [3.8, 4) is 11.5 Å². The number of hydrogen-bond donors (Lipinski definition) is 1. The number of ether oxygens (including phenoxy) is 2. The average molecular weight is 388 g/mol. The summed E-state index contributed by atoms with van der Waals surface area (Å²) in [7, 11) is 0. The zero-order valence-electron chi connectivity index (χ0n) is 13.1. The molecule has 2 heterocycles. The Balaban J connectivity index is 1.37. The minimum atomic E-state index is -0.0116. The minimum absolute atomic E-state index is 0.0116. The Hall–Kier alpha value is -1.85. The topological polar surface area (TPSA) is 47.6 Å². The number of hydrogen-bond acceptors (Lipinski definition) is 3. The number of nitrogens with one attached hydrogen (secondary N) is 1. The number of benzene rings is 2. The molecule has 2 bridgehead atoms. The molecule has 1 amide bonds. The molecule has 2 fully saturated rings. The van der Waals surface area contributed by atoms with Gasteiger partial charge in [0, 0.05) is 10.2 Å². The number of carbonyl (C=O) groups excluding carboxylic acids is 1. The maximum Gasteiger partial charge on any atom is 0.230 e. The van der Waals surface area contributed by atoms with E-state index in [4.69, 9.17) is 9.47 Å². The lowest BCUT2D eigenvalue weighted by Crippen LogP contribution is -2.30. The molecule has 2 aromatic rings. The molecule has 0 radical (unpaired) electrons. The highest BCUT2D eigenvalue weighted by Gasteiger charge is 2.44. The predicted octanol–water partition coefficient (Wildman–Crippen LogP) is 4.75. The van der Waals surface area contributed by atoms with Crippen LogP contribution in [0, 0.1) is 5.92 Å². The molecule has 5 heteroatoms. The third-order valence-electron chi connectivity index (χ3n) is 4.61. The Kier molecular flexibility index (Phi) is 4.29. The average Bonchev–Trinajstić information content (AvgIpc) is 3.22. The van der Waals surface area contributed by atoms with Gasteiger partial charge in [-0.15, -0.1) is 0 Å². The largest absolute Gasteiger partial charge is 0.457 e. The van der Waals surface area contributed by atoms with Crippen LogP contribution in [0.3, 0.4) is 0 Å². The lowest BCUT2D eigenvalue weighted by Gasteiger charge is -2.18. The van der Waals surface area contributed by atoms with Crippen LogP contribution in [0.1, 0.15) is 19.3 Å². The van der Waals surface area contributed by atoms with Gasteiger partial charge in [0.2, 0.25) is 5.91 Å². The van der Waals surface area contributed by atoms with Crippen LogP contribution in [0.4, 0.5) is 5.69 Å². The molecule has 4 nitrogen and oxygen atoms in total. The van der Waals surface area contributed by atoms with Crippen LogP contribution < -0.4 is 10.1 Å². The first-order chi connectivity index (χ1) is 11.7. The maximum absolute atomic E-state index is 12.4. The molecule has 2 aliphatic rings. The number of anilines is 1. The highest BCUT2D eigenvalue weighted by molar-refractivity contribution is 9.10. The molecule has 4 rings (SSSR count). The summed E-state index contributed by atoms with van der Waals surface area (Å²) in [5.41, 5.74) is 0.783. The van der Waals surface area contributed by atoms with Crippen molar-refractivity contribution in [3.63, 3.8) is 0 Å². The van der Waals surface area contributed by atoms with Crippen LogP contribution in [0.5, 0.6) is 11.5 Å². The summed E-state index contributed by atoms with van der Waals surface area (Å²) in [6.45, 7) is 0. The van der Waals surface area contributed by atoms with Gasteiger partial charge in [-0.2, -0.15) is 0 Å². The summed E-state index contributed by atoms with van der Waals surface area (Å²) in [5, 5.41) is 2.99. The third-order valence-corrected chi connectivity index (χ3v) is 5.14. The van der Waals surface area contributed by atoms with Gasteiger partial charge in [0.25, 0.3) is 0 Å². The Morgan fingerprint density at radius 1 is 1.04 bits per heavy atom. The summed E-state index contributed by atoms with van der Waals surface area (Å²) >= 11 is 3.40. The number of rotatable bonds is 4. The fraction of sp³-hybridized carbons (Fsp3) is 0.316. The van der Waals surface area contributed by atoms with Crippen molar-refractivity contribution < 1.29 is 14.3 Å². The normalized spacial score (nSPS) is 24.8. The van der Waals surface area contributed by atoms with E-state index in [9.17, 15) is 4.79 Å². The van der Waals surface area contributed by atoms with Crippen LogP contribution in [-0.2, 0) is 9.53 Å². The first-order valence-corrected chi connectivity index (χ1v) is 8.96. The summed E-state index contributed by atoms with van der Waals surface area (Å²) in [6, 6.07) is 15.1. The molecule has 2 aromatic carbocycles. The molecule has 1 N–H and O–H groups in total. The molecule has 2 saturated heterocycles. The molecule has 2 aliphatic heterocycles. The fourth-order valence-electron chi connectivity index (χ4n) is 3.39. The first-order valence-electron chi connectivity index (χ1n) is 8.17. The molecule has 0 spiro atoms. The van der Waals surface area contributed by atoms with Gasteiger partial charge in [-0.3, -0.25) is 4.79 Å². The highest BCUT2D eigenvalue weighted by Crippen LogP contribution is 2.39. The second-order valence-electron chi connectivity index (χ2n) is 6.29. The highest BCUT2D eigenvalue weighted by atomic mass is 79.9. The van der Waals surface area contributed by atoms with E-state index < -0.39 is 0 Å². The van der Waals surface area contributed by atoms with Crippen molar-refractivity contribution in [2.75, 3.05) is 5.32 Å². The van der Waals surface area contributed by atoms with Crippen molar-refractivity contribution in [1.82, 2.24) is 0 Å². The van der Waals surface area contributed by atoms with E-state index in [-0.39, 0.29) is 24.0 Å². The zero-order valence-corrected chi connectivity index (χ0v) is 14.7. The zero-order chi connectivity index (χ0) is 16.5. The molecule has 124 valence electrons. The lowest BCUT2D eigenvalue weighted by molar-refractivity contribution is -0.121. The number of halogens is 1. The minimum Gasteiger partial charge on any atom is -0.457 e. The third kappa shape index (κ3) is 3.32. The van der Waals surface area contributed by atoms with Gasteiger partial charge in [0.05, 0.1) is 18.1 Å². The van der Waals surface area contributed by atoms with Crippen LogP contribution in [0.25, 0.3) is 0 Å². The Morgan fingerprint density at radius 3 is 2.29 bits per heavy atom. The van der Waals surface area contributed by atoms with E-state index in [1.807, 2.05) is 48.5 Å².